The van der Waals surface area contributed by atoms with Crippen molar-refractivity contribution in [2.75, 3.05) is 33.1 Å². The van der Waals surface area contributed by atoms with Gasteiger partial charge in [0.2, 0.25) is 10.0 Å². The molecule has 1 N–H and O–H groups in total. The third-order valence-electron chi connectivity index (χ3n) is 4.47. The number of piperidine rings is 1. The number of ether oxygens (including phenoxy) is 1. The van der Waals surface area contributed by atoms with Crippen LogP contribution >= 0.6 is 0 Å². The Morgan fingerprint density at radius 3 is 2.91 bits per heavy atom. The van der Waals surface area contributed by atoms with E-state index in [1.54, 1.807) is 11.4 Å². The molecule has 8 heteroatoms. The van der Waals surface area contributed by atoms with Crippen molar-refractivity contribution in [1.29, 1.82) is 0 Å². The molecule has 1 saturated heterocycles. The highest BCUT2D eigenvalue weighted by atomic mass is 32.2. The number of hydrogen-bond donors (Lipinski definition) is 1. The number of hydrogen-bond acceptors (Lipinski definition) is 5. The van der Waals surface area contributed by atoms with Crippen molar-refractivity contribution in [3.05, 3.63) is 18.0 Å². The van der Waals surface area contributed by atoms with E-state index in [1.165, 1.54) is 6.26 Å². The molecule has 0 aromatic carbocycles. The van der Waals surface area contributed by atoms with E-state index in [9.17, 15) is 8.42 Å². The van der Waals surface area contributed by atoms with Gasteiger partial charge in [-0.25, -0.2) is 12.7 Å². The first-order chi connectivity index (χ1) is 10.9. The maximum atomic E-state index is 11.7. The predicted molar refractivity (Wildman–Crippen MR) is 89.5 cm³/mol. The van der Waals surface area contributed by atoms with Crippen LogP contribution in [0.25, 0.3) is 0 Å². The SMILES string of the molecule is CC[C@H]1CN(S(C)(=O)=O)CC[C@@H]1NCc1cnn(CCOC)c1. The second kappa shape index (κ2) is 8.23. The highest BCUT2D eigenvalue weighted by Gasteiger charge is 2.31. The zero-order valence-electron chi connectivity index (χ0n) is 14.2. The molecule has 0 bridgehead atoms. The van der Waals surface area contributed by atoms with Crippen molar-refractivity contribution in [1.82, 2.24) is 19.4 Å². The average Bonchev–Trinajstić information content (AvgIpc) is 2.97. The smallest absolute Gasteiger partial charge is 0.211 e. The summed E-state index contributed by atoms with van der Waals surface area (Å²) >= 11 is 0. The van der Waals surface area contributed by atoms with Crippen molar-refractivity contribution < 1.29 is 13.2 Å². The fourth-order valence-electron chi connectivity index (χ4n) is 3.04. The number of nitrogens with one attached hydrogen (secondary N) is 1. The first kappa shape index (κ1) is 18.4. The van der Waals surface area contributed by atoms with Gasteiger partial charge in [0.05, 0.1) is 25.6 Å². The molecular weight excluding hydrogens is 316 g/mol. The van der Waals surface area contributed by atoms with E-state index in [1.807, 2.05) is 17.1 Å². The van der Waals surface area contributed by atoms with E-state index >= 15 is 0 Å². The zero-order valence-corrected chi connectivity index (χ0v) is 15.1. The van der Waals surface area contributed by atoms with Gasteiger partial charge in [0.25, 0.3) is 0 Å². The van der Waals surface area contributed by atoms with Gasteiger partial charge >= 0.3 is 0 Å². The van der Waals surface area contributed by atoms with Gasteiger partial charge in [-0.05, 0) is 12.3 Å². The predicted octanol–water partition coefficient (Wildman–Crippen LogP) is 0.679. The van der Waals surface area contributed by atoms with Crippen LogP contribution in [0.4, 0.5) is 0 Å². The summed E-state index contributed by atoms with van der Waals surface area (Å²) in [4.78, 5) is 0. The lowest BCUT2D eigenvalue weighted by Gasteiger charge is -2.37. The second-order valence-electron chi connectivity index (χ2n) is 6.17. The van der Waals surface area contributed by atoms with Crippen molar-refractivity contribution in [3.8, 4) is 0 Å². The van der Waals surface area contributed by atoms with E-state index in [-0.39, 0.29) is 0 Å². The molecule has 2 rings (SSSR count). The molecule has 1 fully saturated rings. The van der Waals surface area contributed by atoms with E-state index in [4.69, 9.17) is 4.74 Å². The Hall–Kier alpha value is -0.960. The largest absolute Gasteiger partial charge is 0.383 e. The van der Waals surface area contributed by atoms with Gasteiger partial charge in [-0.15, -0.1) is 0 Å². The van der Waals surface area contributed by atoms with Crippen molar-refractivity contribution in [2.45, 2.75) is 38.9 Å². The molecule has 2 atom stereocenters. The first-order valence-electron chi connectivity index (χ1n) is 8.12. The van der Waals surface area contributed by atoms with Gasteiger partial charge in [0.15, 0.2) is 0 Å². The Kier molecular flexibility index (Phi) is 6.58. The van der Waals surface area contributed by atoms with Crippen LogP contribution in [0.3, 0.4) is 0 Å². The summed E-state index contributed by atoms with van der Waals surface area (Å²) in [6.45, 7) is 5.48. The lowest BCUT2D eigenvalue weighted by molar-refractivity contribution is 0.183. The molecule has 1 aromatic rings. The summed E-state index contributed by atoms with van der Waals surface area (Å²) in [6.07, 6.45) is 7.01. The molecule has 0 amide bonds. The van der Waals surface area contributed by atoms with E-state index in [0.717, 1.165) is 31.5 Å². The summed E-state index contributed by atoms with van der Waals surface area (Å²) in [5, 5.41) is 7.88. The van der Waals surface area contributed by atoms with Gasteiger partial charge in [-0.3, -0.25) is 4.68 Å². The molecule has 0 spiro atoms. The van der Waals surface area contributed by atoms with Crippen molar-refractivity contribution in [2.24, 2.45) is 5.92 Å². The first-order valence-corrected chi connectivity index (χ1v) is 9.97. The number of nitrogens with zero attached hydrogens (tertiary/aromatic N) is 3. The number of aromatic nitrogens is 2. The van der Waals surface area contributed by atoms with Gasteiger partial charge in [-0.1, -0.05) is 13.3 Å². The number of sulfonamides is 1. The molecule has 7 nitrogen and oxygen atoms in total. The summed E-state index contributed by atoms with van der Waals surface area (Å²) < 4.78 is 31.9. The highest BCUT2D eigenvalue weighted by Crippen LogP contribution is 2.22. The molecule has 1 aliphatic rings. The summed E-state index contributed by atoms with van der Waals surface area (Å²) in [7, 11) is -1.40. The summed E-state index contributed by atoms with van der Waals surface area (Å²) in [5.74, 6) is 0.349. The molecule has 0 aliphatic carbocycles. The standard InChI is InChI=1S/C15H28N4O3S/c1-4-14-12-19(23(3,20)21)6-5-15(14)16-9-13-10-17-18(11-13)7-8-22-2/h10-11,14-16H,4-9,12H2,1-3H3/t14-,15-/m0/s1. The third kappa shape index (κ3) is 5.27. The van der Waals surface area contributed by atoms with Crippen LogP contribution in [0.2, 0.25) is 0 Å². The Morgan fingerprint density at radius 2 is 2.26 bits per heavy atom. The van der Waals surface area contributed by atoms with Crippen LogP contribution in [0, 0.1) is 5.92 Å². The minimum Gasteiger partial charge on any atom is -0.383 e. The van der Waals surface area contributed by atoms with E-state index in [0.29, 0.717) is 31.7 Å². The fourth-order valence-corrected chi connectivity index (χ4v) is 3.94. The van der Waals surface area contributed by atoms with Crippen LogP contribution in [-0.4, -0.2) is 61.6 Å². The summed E-state index contributed by atoms with van der Waals surface area (Å²) in [6, 6.07) is 0.348. The summed E-state index contributed by atoms with van der Waals surface area (Å²) in [5.41, 5.74) is 1.14. The molecule has 23 heavy (non-hydrogen) atoms. The van der Waals surface area contributed by atoms with Crippen LogP contribution in [-0.2, 0) is 27.8 Å². The maximum absolute atomic E-state index is 11.7. The van der Waals surface area contributed by atoms with E-state index < -0.39 is 10.0 Å². The van der Waals surface area contributed by atoms with Gasteiger partial charge < -0.3 is 10.1 Å². The molecule has 132 valence electrons. The number of methoxy groups -OCH3 is 1. The fraction of sp³-hybridized carbons (Fsp3) is 0.800. The highest BCUT2D eigenvalue weighted by molar-refractivity contribution is 7.88. The lowest BCUT2D eigenvalue weighted by Crippen LogP contribution is -2.50. The van der Waals surface area contributed by atoms with Crippen LogP contribution < -0.4 is 5.32 Å². The lowest BCUT2D eigenvalue weighted by atomic mass is 9.91. The van der Waals surface area contributed by atoms with Crippen LogP contribution in [0.1, 0.15) is 25.3 Å². The molecule has 1 aromatic heterocycles. The van der Waals surface area contributed by atoms with Crippen LogP contribution in [0.15, 0.2) is 12.4 Å². The minimum atomic E-state index is -3.08. The quantitative estimate of drug-likeness (QED) is 0.750. The Morgan fingerprint density at radius 1 is 1.48 bits per heavy atom. The maximum Gasteiger partial charge on any atom is 0.211 e. The van der Waals surface area contributed by atoms with Gasteiger partial charge in [0.1, 0.15) is 0 Å². The molecule has 0 radical (unpaired) electrons. The topological polar surface area (TPSA) is 76.5 Å². The Labute approximate surface area is 139 Å². The molecular formula is C15H28N4O3S. The monoisotopic (exact) mass is 344 g/mol. The molecule has 1 aliphatic heterocycles. The molecule has 0 saturated carbocycles. The minimum absolute atomic E-state index is 0.348. The van der Waals surface area contributed by atoms with Gasteiger partial charge in [0, 0.05) is 44.5 Å². The Balaban J connectivity index is 1.86. The third-order valence-corrected chi connectivity index (χ3v) is 5.74. The van der Waals surface area contributed by atoms with Crippen LogP contribution in [0.5, 0.6) is 0 Å². The number of rotatable bonds is 8. The van der Waals surface area contributed by atoms with Gasteiger partial charge in [-0.2, -0.15) is 5.10 Å². The van der Waals surface area contributed by atoms with E-state index in [2.05, 4.69) is 17.3 Å². The molecule has 2 heterocycles. The Bertz CT molecular complexity index is 587. The van der Waals surface area contributed by atoms with Crippen molar-refractivity contribution in [3.63, 3.8) is 0 Å². The second-order valence-corrected chi connectivity index (χ2v) is 8.15. The zero-order chi connectivity index (χ0) is 16.9. The normalized spacial score (nSPS) is 23.3. The molecule has 0 unspecified atom stereocenters. The average molecular weight is 344 g/mol. The van der Waals surface area contributed by atoms with Crippen molar-refractivity contribution >= 4 is 10.0 Å².